The highest BCUT2D eigenvalue weighted by Gasteiger charge is 2.19. The fourth-order valence-corrected chi connectivity index (χ4v) is 6.84. The van der Waals surface area contributed by atoms with Gasteiger partial charge in [0.05, 0.1) is 5.69 Å². The van der Waals surface area contributed by atoms with Crippen LogP contribution in [0.5, 0.6) is 0 Å². The Hall–Kier alpha value is -5.54. The molecule has 1 aliphatic rings. The zero-order chi connectivity index (χ0) is 28.3. The Morgan fingerprint density at radius 2 is 1.23 bits per heavy atom. The maximum Gasteiger partial charge on any atom is 0.135 e. The second kappa shape index (κ2) is 9.50. The van der Waals surface area contributed by atoms with Gasteiger partial charge in [-0.25, -0.2) is 0 Å². The van der Waals surface area contributed by atoms with Crippen LogP contribution < -0.4 is 0 Å². The molecule has 9 rings (SSSR count). The summed E-state index contributed by atoms with van der Waals surface area (Å²) in [6, 6.07) is 37.0. The maximum absolute atomic E-state index is 6.37. The lowest BCUT2D eigenvalue weighted by atomic mass is 9.86. The molecule has 0 radical (unpaired) electrons. The van der Waals surface area contributed by atoms with Crippen molar-refractivity contribution in [2.24, 2.45) is 0 Å². The van der Waals surface area contributed by atoms with E-state index in [4.69, 9.17) is 9.40 Å². The predicted octanol–water partition coefficient (Wildman–Crippen LogP) is 10.6. The molecule has 5 aromatic carbocycles. The fourth-order valence-electron chi connectivity index (χ4n) is 6.84. The molecule has 1 aliphatic carbocycles. The summed E-state index contributed by atoms with van der Waals surface area (Å²) < 4.78 is 6.37. The summed E-state index contributed by atoms with van der Waals surface area (Å²) >= 11 is 0. The van der Waals surface area contributed by atoms with Crippen molar-refractivity contribution < 1.29 is 4.42 Å². The van der Waals surface area contributed by atoms with E-state index in [1.165, 1.54) is 54.7 Å². The second-order valence-electron chi connectivity index (χ2n) is 11.3. The third-order valence-corrected chi connectivity index (χ3v) is 8.86. The van der Waals surface area contributed by atoms with Crippen LogP contribution in [0.1, 0.15) is 17.5 Å². The Morgan fingerprint density at radius 3 is 1.93 bits per heavy atom. The lowest BCUT2D eigenvalue weighted by Crippen LogP contribution is -1.93. The highest BCUT2D eigenvalue weighted by Crippen LogP contribution is 2.45. The Balaban J connectivity index is 1.28. The lowest BCUT2D eigenvalue weighted by molar-refractivity contribution is 0.668. The van der Waals surface area contributed by atoms with Crippen molar-refractivity contribution in [1.29, 1.82) is 0 Å². The molecule has 0 amide bonds. The topological polar surface area (TPSA) is 38.9 Å². The quantitative estimate of drug-likeness (QED) is 0.205. The molecule has 0 unspecified atom stereocenters. The van der Waals surface area contributed by atoms with E-state index >= 15 is 0 Å². The molecule has 0 saturated carbocycles. The molecule has 0 N–H and O–H groups in total. The number of allylic oxidation sites excluding steroid dienone is 1. The van der Waals surface area contributed by atoms with E-state index < -0.39 is 0 Å². The van der Waals surface area contributed by atoms with Gasteiger partial charge in [-0.2, -0.15) is 0 Å². The van der Waals surface area contributed by atoms with E-state index in [1.807, 2.05) is 18.3 Å². The summed E-state index contributed by atoms with van der Waals surface area (Å²) in [4.78, 5) is 9.01. The predicted molar refractivity (Wildman–Crippen MR) is 178 cm³/mol. The minimum atomic E-state index is 0.927. The number of pyridine rings is 2. The first-order valence-electron chi connectivity index (χ1n) is 14.8. The first-order valence-corrected chi connectivity index (χ1v) is 14.8. The van der Waals surface area contributed by atoms with E-state index in [0.717, 1.165) is 46.2 Å². The molecule has 0 saturated heterocycles. The third-order valence-electron chi connectivity index (χ3n) is 8.86. The van der Waals surface area contributed by atoms with Crippen LogP contribution in [0.4, 0.5) is 0 Å². The van der Waals surface area contributed by atoms with Gasteiger partial charge < -0.3 is 4.42 Å². The minimum absolute atomic E-state index is 0.927. The molecule has 8 aromatic rings. The standard InChI is InChI=1S/C40H26N2O/c1-2-8-27-23-38-35(21-26(27)7-1)34-22-28(14-16-37(34)43-38)39-30-9-3-5-11-32(30)40(33-12-6-4-10-31(33)39)29-13-15-36(42-24-29)25-17-19-41-20-18-25/h1,3-7,9-24H,2,8H2. The van der Waals surface area contributed by atoms with Crippen LogP contribution in [0, 0.1) is 0 Å². The first-order chi connectivity index (χ1) is 21.3. The highest BCUT2D eigenvalue weighted by molar-refractivity contribution is 6.22. The highest BCUT2D eigenvalue weighted by atomic mass is 16.3. The largest absolute Gasteiger partial charge is 0.456 e. The number of nitrogens with zero attached hydrogens (tertiary/aromatic N) is 2. The van der Waals surface area contributed by atoms with E-state index in [2.05, 4.69) is 108 Å². The summed E-state index contributed by atoms with van der Waals surface area (Å²) in [6.45, 7) is 0. The number of furan rings is 1. The number of rotatable bonds is 3. The van der Waals surface area contributed by atoms with Crippen LogP contribution in [-0.2, 0) is 6.42 Å². The van der Waals surface area contributed by atoms with Crippen LogP contribution >= 0.6 is 0 Å². The number of hydrogen-bond donors (Lipinski definition) is 0. The van der Waals surface area contributed by atoms with Crippen LogP contribution in [0.2, 0.25) is 0 Å². The van der Waals surface area contributed by atoms with Crippen molar-refractivity contribution in [3.8, 4) is 33.5 Å². The molecule has 0 fully saturated rings. The van der Waals surface area contributed by atoms with Crippen molar-refractivity contribution in [3.63, 3.8) is 0 Å². The zero-order valence-corrected chi connectivity index (χ0v) is 23.4. The smallest absolute Gasteiger partial charge is 0.135 e. The molecule has 3 heteroatoms. The van der Waals surface area contributed by atoms with Crippen LogP contribution in [0.3, 0.4) is 0 Å². The molecule has 0 bridgehead atoms. The van der Waals surface area contributed by atoms with E-state index in [0.29, 0.717) is 0 Å². The Labute approximate surface area is 248 Å². The average molecular weight is 551 g/mol. The number of aryl methyl sites for hydroxylation is 1. The van der Waals surface area contributed by atoms with Crippen LogP contribution in [-0.4, -0.2) is 9.97 Å². The van der Waals surface area contributed by atoms with Gasteiger partial charge in [-0.05, 0) is 105 Å². The Morgan fingerprint density at radius 1 is 0.558 bits per heavy atom. The number of hydrogen-bond acceptors (Lipinski definition) is 3. The third kappa shape index (κ3) is 3.82. The fraction of sp³-hybridized carbons (Fsp3) is 0.0500. The summed E-state index contributed by atoms with van der Waals surface area (Å²) in [7, 11) is 0. The molecular formula is C40H26N2O. The number of benzene rings is 5. The molecule has 3 aromatic heterocycles. The molecule has 3 nitrogen and oxygen atoms in total. The molecule has 202 valence electrons. The van der Waals surface area contributed by atoms with E-state index in [-0.39, 0.29) is 0 Å². The minimum Gasteiger partial charge on any atom is -0.456 e. The molecular weight excluding hydrogens is 524 g/mol. The maximum atomic E-state index is 6.37. The van der Waals surface area contributed by atoms with Gasteiger partial charge in [0.15, 0.2) is 0 Å². The summed E-state index contributed by atoms with van der Waals surface area (Å²) in [5.74, 6) is 0. The van der Waals surface area contributed by atoms with Crippen molar-refractivity contribution in [3.05, 3.63) is 139 Å². The van der Waals surface area contributed by atoms with Gasteiger partial charge in [-0.3, -0.25) is 9.97 Å². The summed E-state index contributed by atoms with van der Waals surface area (Å²) in [5, 5.41) is 7.20. The monoisotopic (exact) mass is 550 g/mol. The average Bonchev–Trinajstić information content (AvgIpc) is 3.43. The SMILES string of the molecule is C1=Cc2cc3c(cc2CC1)oc1ccc(-c2c4ccccc4c(-c4ccc(-c5ccncc5)nc4)c4ccccc24)cc13. The van der Waals surface area contributed by atoms with Gasteiger partial charge in [0, 0.05) is 40.5 Å². The van der Waals surface area contributed by atoms with Crippen LogP contribution in [0.25, 0.3) is 83.1 Å². The second-order valence-corrected chi connectivity index (χ2v) is 11.3. The Bertz CT molecular complexity index is 2320. The molecule has 3 heterocycles. The number of aromatic nitrogens is 2. The lowest BCUT2D eigenvalue weighted by Gasteiger charge is -2.17. The molecule has 0 aliphatic heterocycles. The number of fused-ring (bicyclic) bond motifs is 6. The van der Waals surface area contributed by atoms with Gasteiger partial charge in [-0.15, -0.1) is 0 Å². The van der Waals surface area contributed by atoms with Gasteiger partial charge in [-0.1, -0.05) is 72.8 Å². The normalized spacial score (nSPS) is 12.8. The molecule has 0 atom stereocenters. The van der Waals surface area contributed by atoms with E-state index in [9.17, 15) is 0 Å². The van der Waals surface area contributed by atoms with Gasteiger partial charge in [0.2, 0.25) is 0 Å². The van der Waals surface area contributed by atoms with Crippen molar-refractivity contribution >= 4 is 49.6 Å². The Kier molecular flexibility index (Phi) is 5.32. The summed E-state index contributed by atoms with van der Waals surface area (Å²) in [6.07, 6.45) is 12.3. The first kappa shape index (κ1) is 24.1. The van der Waals surface area contributed by atoms with Crippen molar-refractivity contribution in [1.82, 2.24) is 9.97 Å². The van der Waals surface area contributed by atoms with Crippen LogP contribution in [0.15, 0.2) is 132 Å². The van der Waals surface area contributed by atoms with Crippen molar-refractivity contribution in [2.75, 3.05) is 0 Å². The zero-order valence-electron chi connectivity index (χ0n) is 23.4. The summed E-state index contributed by atoms with van der Waals surface area (Å²) in [5.41, 5.74) is 11.3. The van der Waals surface area contributed by atoms with Crippen molar-refractivity contribution in [2.45, 2.75) is 12.8 Å². The van der Waals surface area contributed by atoms with Gasteiger partial charge >= 0.3 is 0 Å². The molecule has 0 spiro atoms. The molecule has 43 heavy (non-hydrogen) atoms. The van der Waals surface area contributed by atoms with Gasteiger partial charge in [0.25, 0.3) is 0 Å². The van der Waals surface area contributed by atoms with Gasteiger partial charge in [0.1, 0.15) is 11.2 Å². The van der Waals surface area contributed by atoms with E-state index in [1.54, 1.807) is 12.4 Å².